The maximum atomic E-state index is 11.2. The zero-order valence-electron chi connectivity index (χ0n) is 10.4. The predicted molar refractivity (Wildman–Crippen MR) is 71.3 cm³/mol. The minimum absolute atomic E-state index is 0.0479. The monoisotopic (exact) mass is 258 g/mol. The summed E-state index contributed by atoms with van der Waals surface area (Å²) in [7, 11) is 0. The number of nitrogens with two attached hydrogens (primary N) is 1. The zero-order valence-corrected chi connectivity index (χ0v) is 10.4. The van der Waals surface area contributed by atoms with Gasteiger partial charge in [-0.05, 0) is 37.8 Å². The molecule has 0 saturated carbocycles. The number of para-hydroxylation sites is 1. The lowest BCUT2D eigenvalue weighted by molar-refractivity contribution is -0.383. The molecule has 0 amide bonds. The molecule has 98 valence electrons. The van der Waals surface area contributed by atoms with Gasteiger partial charge in [0.05, 0.1) is 16.9 Å². The van der Waals surface area contributed by atoms with Gasteiger partial charge in [-0.15, -0.1) is 0 Å². The lowest BCUT2D eigenvalue weighted by Gasteiger charge is -2.14. The fourth-order valence-electron chi connectivity index (χ4n) is 2.62. The number of rotatable bonds is 2. The molecule has 2 aromatic rings. The van der Waals surface area contributed by atoms with Crippen molar-refractivity contribution in [3.63, 3.8) is 0 Å². The first kappa shape index (κ1) is 11.7. The number of nitrogen functional groups attached to an aromatic ring is 1. The number of anilines is 1. The Morgan fingerprint density at radius 2 is 2.11 bits per heavy atom. The molecule has 0 saturated heterocycles. The van der Waals surface area contributed by atoms with E-state index >= 15 is 0 Å². The Morgan fingerprint density at radius 3 is 2.89 bits per heavy atom. The standard InChI is InChI=1S/C13H14N4O2/c14-9-4-3-7-12(13(9)17(18)19)16-8-15-10-5-1-2-6-11(10)16/h3-4,7-8H,1-2,5-6,14H2. The predicted octanol–water partition coefficient (Wildman–Crippen LogP) is 2.24. The van der Waals surface area contributed by atoms with Crippen LogP contribution in [0.3, 0.4) is 0 Å². The van der Waals surface area contributed by atoms with Crippen molar-refractivity contribution in [2.45, 2.75) is 25.7 Å². The van der Waals surface area contributed by atoms with Gasteiger partial charge in [-0.25, -0.2) is 4.98 Å². The number of nitro groups is 1. The summed E-state index contributed by atoms with van der Waals surface area (Å²) in [6.07, 6.45) is 5.73. The van der Waals surface area contributed by atoms with E-state index in [0.717, 1.165) is 37.1 Å². The zero-order chi connectivity index (χ0) is 13.4. The van der Waals surface area contributed by atoms with Gasteiger partial charge in [-0.2, -0.15) is 0 Å². The molecule has 3 rings (SSSR count). The second-order valence-corrected chi connectivity index (χ2v) is 4.69. The van der Waals surface area contributed by atoms with Gasteiger partial charge in [0, 0.05) is 5.69 Å². The van der Waals surface area contributed by atoms with E-state index in [9.17, 15) is 10.1 Å². The fourth-order valence-corrected chi connectivity index (χ4v) is 2.62. The van der Waals surface area contributed by atoms with E-state index in [-0.39, 0.29) is 11.4 Å². The largest absolute Gasteiger partial charge is 0.393 e. The first-order valence-electron chi connectivity index (χ1n) is 6.27. The van der Waals surface area contributed by atoms with Crippen molar-refractivity contribution < 1.29 is 4.92 Å². The quantitative estimate of drug-likeness (QED) is 0.508. The molecular weight excluding hydrogens is 244 g/mol. The molecule has 6 heteroatoms. The van der Waals surface area contributed by atoms with E-state index in [1.165, 1.54) is 0 Å². The van der Waals surface area contributed by atoms with Crippen molar-refractivity contribution in [1.29, 1.82) is 0 Å². The molecule has 6 nitrogen and oxygen atoms in total. The van der Waals surface area contributed by atoms with Crippen molar-refractivity contribution in [3.8, 4) is 5.69 Å². The Bertz CT molecular complexity index is 648. The molecule has 2 N–H and O–H groups in total. The second kappa shape index (κ2) is 4.38. The molecule has 0 fully saturated rings. The van der Waals surface area contributed by atoms with Gasteiger partial charge in [0.2, 0.25) is 0 Å². The van der Waals surface area contributed by atoms with Crippen molar-refractivity contribution in [2.24, 2.45) is 0 Å². The third kappa shape index (κ3) is 1.85. The molecule has 0 bridgehead atoms. The molecule has 0 aliphatic heterocycles. The Balaban J connectivity index is 2.20. The van der Waals surface area contributed by atoms with Crippen LogP contribution in [0.2, 0.25) is 0 Å². The van der Waals surface area contributed by atoms with Gasteiger partial charge in [-0.1, -0.05) is 6.07 Å². The topological polar surface area (TPSA) is 87.0 Å². The van der Waals surface area contributed by atoms with Crippen LogP contribution >= 0.6 is 0 Å². The summed E-state index contributed by atoms with van der Waals surface area (Å²) in [6, 6.07) is 4.99. The molecule has 0 atom stereocenters. The van der Waals surface area contributed by atoms with Gasteiger partial charge >= 0.3 is 5.69 Å². The van der Waals surface area contributed by atoms with Gasteiger partial charge in [0.15, 0.2) is 0 Å². The van der Waals surface area contributed by atoms with Gasteiger partial charge < -0.3 is 5.73 Å². The normalized spacial score (nSPS) is 14.1. The summed E-state index contributed by atoms with van der Waals surface area (Å²) in [5.41, 5.74) is 8.48. The van der Waals surface area contributed by atoms with Crippen LogP contribution in [0, 0.1) is 10.1 Å². The number of hydrogen-bond donors (Lipinski definition) is 1. The van der Waals surface area contributed by atoms with Crippen LogP contribution in [0.5, 0.6) is 0 Å². The minimum Gasteiger partial charge on any atom is -0.393 e. The van der Waals surface area contributed by atoms with Crippen molar-refractivity contribution in [1.82, 2.24) is 9.55 Å². The average molecular weight is 258 g/mol. The highest BCUT2D eigenvalue weighted by Gasteiger charge is 2.23. The molecule has 0 radical (unpaired) electrons. The van der Waals surface area contributed by atoms with Crippen molar-refractivity contribution in [3.05, 3.63) is 46.0 Å². The van der Waals surface area contributed by atoms with E-state index in [1.807, 2.05) is 4.57 Å². The molecule has 1 aromatic heterocycles. The maximum absolute atomic E-state index is 11.2. The summed E-state index contributed by atoms with van der Waals surface area (Å²) in [5, 5.41) is 11.2. The van der Waals surface area contributed by atoms with Gasteiger partial charge in [0.25, 0.3) is 0 Å². The number of aryl methyl sites for hydroxylation is 1. The SMILES string of the molecule is Nc1cccc(-n2cnc3c2CCCC3)c1[N+](=O)[O-]. The van der Waals surface area contributed by atoms with Crippen LogP contribution in [0.25, 0.3) is 5.69 Å². The molecule has 1 aliphatic carbocycles. The molecule has 0 spiro atoms. The number of fused-ring (bicyclic) bond motifs is 1. The lowest BCUT2D eigenvalue weighted by Crippen LogP contribution is -2.09. The molecule has 1 aromatic carbocycles. The van der Waals surface area contributed by atoms with Crippen LogP contribution in [0.15, 0.2) is 24.5 Å². The smallest absolute Gasteiger partial charge is 0.315 e. The van der Waals surface area contributed by atoms with Crippen LogP contribution in [-0.2, 0) is 12.8 Å². The molecular formula is C13H14N4O2. The maximum Gasteiger partial charge on any atom is 0.315 e. The third-order valence-corrected chi connectivity index (χ3v) is 3.52. The van der Waals surface area contributed by atoms with E-state index < -0.39 is 4.92 Å². The summed E-state index contributed by atoms with van der Waals surface area (Å²) >= 11 is 0. The minimum atomic E-state index is -0.431. The first-order chi connectivity index (χ1) is 9.18. The highest BCUT2D eigenvalue weighted by molar-refractivity contribution is 5.69. The first-order valence-corrected chi connectivity index (χ1v) is 6.27. The van der Waals surface area contributed by atoms with Crippen molar-refractivity contribution >= 4 is 11.4 Å². The fraction of sp³-hybridized carbons (Fsp3) is 0.308. The van der Waals surface area contributed by atoms with Crippen molar-refractivity contribution in [2.75, 3.05) is 5.73 Å². The van der Waals surface area contributed by atoms with Crippen LogP contribution in [-0.4, -0.2) is 14.5 Å². The lowest BCUT2D eigenvalue weighted by atomic mass is 10.0. The highest BCUT2D eigenvalue weighted by atomic mass is 16.6. The Morgan fingerprint density at radius 1 is 1.32 bits per heavy atom. The highest BCUT2D eigenvalue weighted by Crippen LogP contribution is 2.32. The van der Waals surface area contributed by atoms with Crippen LogP contribution in [0.1, 0.15) is 24.2 Å². The Kier molecular flexibility index (Phi) is 2.70. The summed E-state index contributed by atoms with van der Waals surface area (Å²) in [4.78, 5) is 15.1. The average Bonchev–Trinajstić information content (AvgIpc) is 2.81. The number of aromatic nitrogens is 2. The van der Waals surface area contributed by atoms with E-state index in [2.05, 4.69) is 4.98 Å². The number of imidazole rings is 1. The summed E-state index contributed by atoms with van der Waals surface area (Å²) in [6.45, 7) is 0. The van der Waals surface area contributed by atoms with Gasteiger partial charge in [0.1, 0.15) is 11.4 Å². The summed E-state index contributed by atoms with van der Waals surface area (Å²) < 4.78 is 1.81. The molecule has 0 unspecified atom stereocenters. The third-order valence-electron chi connectivity index (χ3n) is 3.52. The van der Waals surface area contributed by atoms with Gasteiger partial charge in [-0.3, -0.25) is 14.7 Å². The molecule has 1 heterocycles. The molecule has 19 heavy (non-hydrogen) atoms. The number of benzene rings is 1. The molecule has 1 aliphatic rings. The summed E-state index contributed by atoms with van der Waals surface area (Å²) in [5.74, 6) is 0. The number of nitro benzene ring substituents is 1. The van der Waals surface area contributed by atoms with Crippen LogP contribution < -0.4 is 5.73 Å². The Hall–Kier alpha value is -2.37. The second-order valence-electron chi connectivity index (χ2n) is 4.69. The van der Waals surface area contributed by atoms with E-state index in [0.29, 0.717) is 5.69 Å². The van der Waals surface area contributed by atoms with Crippen LogP contribution in [0.4, 0.5) is 11.4 Å². The number of nitrogens with zero attached hydrogens (tertiary/aromatic N) is 3. The Labute approximate surface area is 110 Å². The van der Waals surface area contributed by atoms with E-state index in [4.69, 9.17) is 5.73 Å². The van der Waals surface area contributed by atoms with E-state index in [1.54, 1.807) is 24.5 Å². The number of hydrogen-bond acceptors (Lipinski definition) is 4.